The standard InChI is InChI=1S/C15H17N3O4S/c1-22-14-5-4-12(23(16,20)21)9-13(14)15(19)18-8-6-11-3-2-7-17-10-11/h2-5,7,9-10H,6,8H2,1H3,(H,18,19)(H2,16,20,21). The molecule has 122 valence electrons. The number of carbonyl (C=O) groups excluding carboxylic acids is 1. The van der Waals surface area contributed by atoms with Crippen LogP contribution in [-0.4, -0.2) is 33.0 Å². The first-order valence-corrected chi connectivity index (χ1v) is 8.34. The van der Waals surface area contributed by atoms with Crippen molar-refractivity contribution in [1.82, 2.24) is 10.3 Å². The zero-order chi connectivity index (χ0) is 16.9. The molecule has 2 rings (SSSR count). The van der Waals surface area contributed by atoms with Crippen molar-refractivity contribution in [3.63, 3.8) is 0 Å². The van der Waals surface area contributed by atoms with E-state index in [0.717, 1.165) is 5.56 Å². The lowest BCUT2D eigenvalue weighted by Crippen LogP contribution is -2.26. The SMILES string of the molecule is COc1ccc(S(N)(=O)=O)cc1C(=O)NCCc1cccnc1. The summed E-state index contributed by atoms with van der Waals surface area (Å²) in [6, 6.07) is 7.61. The molecule has 0 aliphatic heterocycles. The summed E-state index contributed by atoms with van der Waals surface area (Å²) < 4.78 is 27.9. The molecule has 23 heavy (non-hydrogen) atoms. The van der Waals surface area contributed by atoms with Gasteiger partial charge in [-0.1, -0.05) is 6.07 Å². The number of primary sulfonamides is 1. The van der Waals surface area contributed by atoms with Crippen molar-refractivity contribution in [2.24, 2.45) is 5.14 Å². The number of rotatable bonds is 6. The van der Waals surface area contributed by atoms with Crippen LogP contribution in [0, 0.1) is 0 Å². The molecule has 0 saturated carbocycles. The molecular weight excluding hydrogens is 318 g/mol. The predicted octanol–water partition coefficient (Wildman–Crippen LogP) is 0.710. The largest absolute Gasteiger partial charge is 0.496 e. The fraction of sp³-hybridized carbons (Fsp3) is 0.200. The van der Waals surface area contributed by atoms with Gasteiger partial charge in [0, 0.05) is 18.9 Å². The Labute approximate surface area is 134 Å². The Morgan fingerprint density at radius 2 is 2.13 bits per heavy atom. The first-order chi connectivity index (χ1) is 10.9. The summed E-state index contributed by atoms with van der Waals surface area (Å²) in [5.74, 6) is -0.160. The monoisotopic (exact) mass is 335 g/mol. The maximum absolute atomic E-state index is 12.3. The second-order valence-electron chi connectivity index (χ2n) is 4.77. The van der Waals surface area contributed by atoms with E-state index >= 15 is 0 Å². The lowest BCUT2D eigenvalue weighted by atomic mass is 10.1. The van der Waals surface area contributed by atoms with E-state index in [1.807, 2.05) is 12.1 Å². The van der Waals surface area contributed by atoms with E-state index in [1.54, 1.807) is 12.4 Å². The van der Waals surface area contributed by atoms with Crippen LogP contribution in [0.5, 0.6) is 5.75 Å². The van der Waals surface area contributed by atoms with Gasteiger partial charge in [0.05, 0.1) is 17.6 Å². The number of aromatic nitrogens is 1. The average molecular weight is 335 g/mol. The molecule has 0 unspecified atom stereocenters. The molecule has 3 N–H and O–H groups in total. The molecule has 7 nitrogen and oxygen atoms in total. The smallest absolute Gasteiger partial charge is 0.255 e. The van der Waals surface area contributed by atoms with E-state index in [2.05, 4.69) is 10.3 Å². The highest BCUT2D eigenvalue weighted by molar-refractivity contribution is 7.89. The molecule has 2 aromatic rings. The van der Waals surface area contributed by atoms with E-state index in [9.17, 15) is 13.2 Å². The minimum absolute atomic E-state index is 0.116. The third kappa shape index (κ3) is 4.51. The van der Waals surface area contributed by atoms with Crippen molar-refractivity contribution in [1.29, 1.82) is 0 Å². The Kier molecular flexibility index (Phi) is 5.30. The third-order valence-electron chi connectivity index (χ3n) is 3.17. The van der Waals surface area contributed by atoms with Crippen molar-refractivity contribution >= 4 is 15.9 Å². The minimum Gasteiger partial charge on any atom is -0.496 e. The molecule has 0 bridgehead atoms. The number of nitrogens with two attached hydrogens (primary N) is 1. The maximum Gasteiger partial charge on any atom is 0.255 e. The Morgan fingerprint density at radius 3 is 2.74 bits per heavy atom. The molecule has 0 fully saturated rings. The van der Waals surface area contributed by atoms with Crippen LogP contribution in [0.3, 0.4) is 0 Å². The average Bonchev–Trinajstić information content (AvgIpc) is 2.54. The molecule has 1 heterocycles. The number of carbonyl (C=O) groups is 1. The summed E-state index contributed by atoms with van der Waals surface area (Å²) in [6.07, 6.45) is 4.00. The first-order valence-electron chi connectivity index (χ1n) is 6.80. The zero-order valence-electron chi connectivity index (χ0n) is 12.5. The highest BCUT2D eigenvalue weighted by atomic mass is 32.2. The maximum atomic E-state index is 12.3. The molecule has 0 spiro atoms. The van der Waals surface area contributed by atoms with Gasteiger partial charge >= 0.3 is 0 Å². The van der Waals surface area contributed by atoms with Crippen LogP contribution >= 0.6 is 0 Å². The van der Waals surface area contributed by atoms with Gasteiger partial charge in [-0.05, 0) is 36.2 Å². The molecule has 0 aliphatic rings. The first kappa shape index (κ1) is 16.9. The second-order valence-corrected chi connectivity index (χ2v) is 6.34. The van der Waals surface area contributed by atoms with Crippen LogP contribution in [0.15, 0.2) is 47.6 Å². The molecule has 0 radical (unpaired) electrons. The van der Waals surface area contributed by atoms with Crippen LogP contribution in [0.1, 0.15) is 15.9 Å². The molecule has 1 amide bonds. The normalized spacial score (nSPS) is 11.0. The summed E-state index contributed by atoms with van der Waals surface area (Å²) in [5.41, 5.74) is 1.10. The number of hydrogen-bond acceptors (Lipinski definition) is 5. The molecule has 1 aromatic carbocycles. The van der Waals surface area contributed by atoms with Crippen molar-refractivity contribution < 1.29 is 17.9 Å². The van der Waals surface area contributed by atoms with E-state index in [-0.39, 0.29) is 16.2 Å². The molecule has 8 heteroatoms. The molecule has 0 atom stereocenters. The number of pyridine rings is 1. The van der Waals surface area contributed by atoms with Crippen molar-refractivity contribution in [3.8, 4) is 5.75 Å². The number of benzene rings is 1. The van der Waals surface area contributed by atoms with Gasteiger partial charge in [0.15, 0.2) is 0 Å². The summed E-state index contributed by atoms with van der Waals surface area (Å²) >= 11 is 0. The van der Waals surface area contributed by atoms with Crippen molar-refractivity contribution in [3.05, 3.63) is 53.9 Å². The second kappa shape index (κ2) is 7.21. The highest BCUT2D eigenvalue weighted by Gasteiger charge is 2.17. The van der Waals surface area contributed by atoms with Crippen molar-refractivity contribution in [2.75, 3.05) is 13.7 Å². The van der Waals surface area contributed by atoms with E-state index in [4.69, 9.17) is 9.88 Å². The van der Waals surface area contributed by atoms with Crippen LogP contribution in [0.2, 0.25) is 0 Å². The Morgan fingerprint density at radius 1 is 1.35 bits per heavy atom. The van der Waals surface area contributed by atoms with Gasteiger partial charge in [-0.25, -0.2) is 13.6 Å². The minimum atomic E-state index is -3.89. The van der Waals surface area contributed by atoms with Gasteiger partial charge < -0.3 is 10.1 Å². The lowest BCUT2D eigenvalue weighted by molar-refractivity contribution is 0.0951. The van der Waals surface area contributed by atoms with Gasteiger partial charge in [-0.3, -0.25) is 9.78 Å². The zero-order valence-corrected chi connectivity index (χ0v) is 13.3. The summed E-state index contributed by atoms with van der Waals surface area (Å²) in [7, 11) is -2.49. The van der Waals surface area contributed by atoms with Gasteiger partial charge in [-0.15, -0.1) is 0 Å². The quantitative estimate of drug-likeness (QED) is 0.807. The van der Waals surface area contributed by atoms with Crippen LogP contribution in [0.25, 0.3) is 0 Å². The summed E-state index contributed by atoms with van der Waals surface area (Å²) in [4.78, 5) is 16.1. The number of nitrogens with zero attached hydrogens (tertiary/aromatic N) is 1. The topological polar surface area (TPSA) is 111 Å². The third-order valence-corrected chi connectivity index (χ3v) is 4.08. The van der Waals surface area contributed by atoms with E-state index in [0.29, 0.717) is 13.0 Å². The molecule has 1 aromatic heterocycles. The van der Waals surface area contributed by atoms with Crippen LogP contribution in [-0.2, 0) is 16.4 Å². The van der Waals surface area contributed by atoms with Crippen LogP contribution < -0.4 is 15.2 Å². The number of nitrogens with one attached hydrogen (secondary N) is 1. The fourth-order valence-electron chi connectivity index (χ4n) is 2.00. The van der Waals surface area contributed by atoms with Gasteiger partial charge in [-0.2, -0.15) is 0 Å². The molecule has 0 saturated heterocycles. The van der Waals surface area contributed by atoms with Gasteiger partial charge in [0.25, 0.3) is 5.91 Å². The highest BCUT2D eigenvalue weighted by Crippen LogP contribution is 2.21. The summed E-state index contributed by atoms with van der Waals surface area (Å²) in [5, 5.41) is 7.80. The number of hydrogen-bond donors (Lipinski definition) is 2. The van der Waals surface area contributed by atoms with E-state index < -0.39 is 15.9 Å². The van der Waals surface area contributed by atoms with Crippen LogP contribution in [0.4, 0.5) is 0 Å². The Bertz CT molecular complexity index is 792. The predicted molar refractivity (Wildman–Crippen MR) is 84.6 cm³/mol. The number of amides is 1. The molecule has 0 aliphatic carbocycles. The van der Waals surface area contributed by atoms with Gasteiger partial charge in [0.2, 0.25) is 10.0 Å². The number of methoxy groups -OCH3 is 1. The molecular formula is C15H17N3O4S. The van der Waals surface area contributed by atoms with Crippen molar-refractivity contribution in [2.45, 2.75) is 11.3 Å². The van der Waals surface area contributed by atoms with Gasteiger partial charge in [0.1, 0.15) is 5.75 Å². The summed E-state index contributed by atoms with van der Waals surface area (Å²) in [6.45, 7) is 0.382. The number of sulfonamides is 1. The number of ether oxygens (including phenoxy) is 1. The Balaban J connectivity index is 2.11. The fourth-order valence-corrected chi connectivity index (χ4v) is 2.54. The van der Waals surface area contributed by atoms with E-state index in [1.165, 1.54) is 25.3 Å². The Hall–Kier alpha value is -2.45. The lowest BCUT2D eigenvalue weighted by Gasteiger charge is -2.10.